The third-order valence-electron chi connectivity index (χ3n) is 4.29. The summed E-state index contributed by atoms with van der Waals surface area (Å²) in [4.78, 5) is 25.7. The summed E-state index contributed by atoms with van der Waals surface area (Å²) in [5.41, 5.74) is -1.47. The van der Waals surface area contributed by atoms with Crippen molar-refractivity contribution in [1.82, 2.24) is 0 Å². The van der Waals surface area contributed by atoms with Gasteiger partial charge < -0.3 is 19.3 Å². The molecule has 0 aliphatic carbocycles. The van der Waals surface area contributed by atoms with Gasteiger partial charge in [-0.3, -0.25) is 4.79 Å². The smallest absolute Gasteiger partial charge is 0.351 e. The molecule has 0 unspecified atom stereocenters. The van der Waals surface area contributed by atoms with E-state index >= 15 is 0 Å². The molecule has 0 amide bonds. The molecule has 2 heterocycles. The van der Waals surface area contributed by atoms with Gasteiger partial charge in [0.2, 0.25) is 5.60 Å². The summed E-state index contributed by atoms with van der Waals surface area (Å²) >= 11 is 0. The molecule has 2 aliphatic rings. The van der Waals surface area contributed by atoms with Gasteiger partial charge in [0.1, 0.15) is 5.60 Å². The van der Waals surface area contributed by atoms with Crippen molar-refractivity contribution in [3.05, 3.63) is 29.8 Å². The highest BCUT2D eigenvalue weighted by Gasteiger charge is 2.59. The minimum absolute atomic E-state index is 0.0219. The third kappa shape index (κ3) is 2.91. The number of fused-ring (bicyclic) bond motifs is 2. The number of rotatable bonds is 3. The lowest BCUT2D eigenvalue weighted by Crippen LogP contribution is -2.53. The highest BCUT2D eigenvalue weighted by molar-refractivity contribution is 6.20. The lowest BCUT2D eigenvalue weighted by molar-refractivity contribution is -0.184. The minimum atomic E-state index is -1.75. The number of ketones is 1. The number of hydrogen-bond donors (Lipinski definition) is 1. The van der Waals surface area contributed by atoms with Gasteiger partial charge in [0.15, 0.2) is 17.3 Å². The van der Waals surface area contributed by atoms with E-state index in [4.69, 9.17) is 14.2 Å². The van der Waals surface area contributed by atoms with Crippen molar-refractivity contribution in [1.29, 1.82) is 0 Å². The number of phenolic OH excluding ortho intramolecular Hbond substituents is 1. The van der Waals surface area contributed by atoms with Gasteiger partial charge in [-0.2, -0.15) is 0 Å². The zero-order chi connectivity index (χ0) is 18.4. The molecule has 0 aromatic heterocycles. The highest BCUT2D eigenvalue weighted by Crippen LogP contribution is 2.46. The van der Waals surface area contributed by atoms with Crippen LogP contribution in [0.3, 0.4) is 0 Å². The van der Waals surface area contributed by atoms with Crippen LogP contribution in [0.25, 0.3) is 5.57 Å². The van der Waals surface area contributed by atoms with Crippen molar-refractivity contribution in [2.45, 2.75) is 50.9 Å². The molecule has 3 rings (SSSR count). The van der Waals surface area contributed by atoms with Gasteiger partial charge in [-0.25, -0.2) is 4.79 Å². The fraction of sp³-hybridized carbons (Fsp3) is 0.474. The molecule has 25 heavy (non-hydrogen) atoms. The van der Waals surface area contributed by atoms with E-state index in [-0.39, 0.29) is 29.8 Å². The van der Waals surface area contributed by atoms with Gasteiger partial charge in [0.25, 0.3) is 0 Å². The summed E-state index contributed by atoms with van der Waals surface area (Å²) in [7, 11) is 1.44. The first-order valence-corrected chi connectivity index (χ1v) is 8.21. The first-order chi connectivity index (χ1) is 11.7. The van der Waals surface area contributed by atoms with Gasteiger partial charge in [-0.1, -0.05) is 6.07 Å². The van der Waals surface area contributed by atoms with Crippen LogP contribution >= 0.6 is 0 Å². The molecule has 1 saturated heterocycles. The summed E-state index contributed by atoms with van der Waals surface area (Å²) in [5, 5.41) is 9.81. The molecule has 1 aromatic carbocycles. The molecule has 2 bridgehead atoms. The zero-order valence-electron chi connectivity index (χ0n) is 14.8. The number of methoxy groups -OCH3 is 1. The van der Waals surface area contributed by atoms with Crippen LogP contribution in [0.5, 0.6) is 11.5 Å². The molecule has 1 N–H and O–H groups in total. The molecule has 2 aliphatic heterocycles. The van der Waals surface area contributed by atoms with Crippen LogP contribution in [0.2, 0.25) is 0 Å². The van der Waals surface area contributed by atoms with Gasteiger partial charge in [-0.15, -0.1) is 0 Å². The summed E-state index contributed by atoms with van der Waals surface area (Å²) in [6, 6.07) is 4.68. The lowest BCUT2D eigenvalue weighted by atomic mass is 9.84. The summed E-state index contributed by atoms with van der Waals surface area (Å²) in [5.74, 6) is -0.780. The Morgan fingerprint density at radius 1 is 1.36 bits per heavy atom. The number of aromatic hydroxyl groups is 1. The maximum Gasteiger partial charge on any atom is 0.351 e. The Morgan fingerprint density at radius 3 is 2.72 bits per heavy atom. The number of hydrogen-bond acceptors (Lipinski definition) is 6. The number of benzene rings is 1. The van der Waals surface area contributed by atoms with Crippen LogP contribution < -0.4 is 4.74 Å². The summed E-state index contributed by atoms with van der Waals surface area (Å²) < 4.78 is 16.5. The van der Waals surface area contributed by atoms with Crippen LogP contribution in [0.4, 0.5) is 0 Å². The molecule has 6 heteroatoms. The second-order valence-electron chi connectivity index (χ2n) is 7.27. The number of phenols is 1. The fourth-order valence-corrected chi connectivity index (χ4v) is 3.20. The Kier molecular flexibility index (Phi) is 4.11. The molecular weight excluding hydrogens is 324 g/mol. The van der Waals surface area contributed by atoms with Gasteiger partial charge >= 0.3 is 5.97 Å². The number of esters is 1. The van der Waals surface area contributed by atoms with Gasteiger partial charge in [0, 0.05) is 12.0 Å². The molecule has 134 valence electrons. The maximum atomic E-state index is 12.9. The van der Waals surface area contributed by atoms with Crippen molar-refractivity contribution in [2.75, 3.05) is 7.11 Å². The molecule has 0 radical (unpaired) electrons. The Morgan fingerprint density at radius 2 is 2.08 bits per heavy atom. The predicted octanol–water partition coefficient (Wildman–Crippen LogP) is 2.63. The average molecular weight is 346 g/mol. The van der Waals surface area contributed by atoms with Crippen LogP contribution in [0.1, 0.15) is 39.2 Å². The van der Waals surface area contributed by atoms with E-state index in [1.54, 1.807) is 39.0 Å². The predicted molar refractivity (Wildman–Crippen MR) is 90.3 cm³/mol. The Hall–Kier alpha value is -2.34. The number of ether oxygens (including phenoxy) is 3. The molecule has 2 atom stereocenters. The van der Waals surface area contributed by atoms with E-state index < -0.39 is 17.2 Å². The zero-order valence-corrected chi connectivity index (χ0v) is 14.8. The molecule has 1 fully saturated rings. The maximum absolute atomic E-state index is 12.9. The standard InChI is InChI=1S/C19H22O6/c1-18(2,3)25-17(22)19-13(10-12(24-19)6-8-16(19)21)11-5-7-14(20)15(9-11)23-4/h5,7,9-10,12,20H,6,8H2,1-4H3/t12-,19-/m1/s1. The van der Waals surface area contributed by atoms with E-state index in [0.717, 1.165) is 0 Å². The van der Waals surface area contributed by atoms with E-state index in [1.165, 1.54) is 13.2 Å². The first-order valence-electron chi connectivity index (χ1n) is 8.21. The van der Waals surface area contributed by atoms with Crippen LogP contribution in [-0.4, -0.2) is 41.3 Å². The second-order valence-corrected chi connectivity index (χ2v) is 7.27. The topological polar surface area (TPSA) is 82.1 Å². The molecule has 0 saturated carbocycles. The largest absolute Gasteiger partial charge is 0.504 e. The molecular formula is C19H22O6. The molecule has 6 nitrogen and oxygen atoms in total. The van der Waals surface area contributed by atoms with Crippen molar-refractivity contribution < 1.29 is 28.9 Å². The lowest BCUT2D eigenvalue weighted by Gasteiger charge is -2.35. The third-order valence-corrected chi connectivity index (χ3v) is 4.29. The first kappa shape index (κ1) is 17.5. The van der Waals surface area contributed by atoms with Gasteiger partial charge in [0.05, 0.1) is 13.2 Å². The van der Waals surface area contributed by atoms with Crippen LogP contribution in [-0.2, 0) is 19.1 Å². The van der Waals surface area contributed by atoms with Crippen molar-refractivity contribution in [2.24, 2.45) is 0 Å². The van der Waals surface area contributed by atoms with E-state index in [2.05, 4.69) is 0 Å². The number of carbonyl (C=O) groups excluding carboxylic acids is 2. The van der Waals surface area contributed by atoms with Crippen molar-refractivity contribution in [3.8, 4) is 11.5 Å². The van der Waals surface area contributed by atoms with Crippen LogP contribution in [0.15, 0.2) is 24.3 Å². The van der Waals surface area contributed by atoms with E-state index in [9.17, 15) is 14.7 Å². The SMILES string of the molecule is COc1cc(C2=C[C@H]3CCC(=O)[C@]2(C(=O)OC(C)(C)C)O3)ccc1O. The molecule has 0 spiro atoms. The Bertz CT molecular complexity index is 758. The monoisotopic (exact) mass is 346 g/mol. The highest BCUT2D eigenvalue weighted by atomic mass is 16.6. The van der Waals surface area contributed by atoms with Crippen LogP contribution in [0, 0.1) is 0 Å². The average Bonchev–Trinajstić information content (AvgIpc) is 2.86. The minimum Gasteiger partial charge on any atom is -0.504 e. The van der Waals surface area contributed by atoms with Gasteiger partial charge in [-0.05, 0) is 51.0 Å². The fourth-order valence-electron chi connectivity index (χ4n) is 3.20. The second kappa shape index (κ2) is 5.88. The van der Waals surface area contributed by atoms with Crippen molar-refractivity contribution in [3.63, 3.8) is 0 Å². The van der Waals surface area contributed by atoms with E-state index in [0.29, 0.717) is 17.6 Å². The number of carbonyl (C=O) groups is 2. The summed E-state index contributed by atoms with van der Waals surface area (Å²) in [6.45, 7) is 5.23. The van der Waals surface area contributed by atoms with Crippen molar-refractivity contribution >= 4 is 17.3 Å². The summed E-state index contributed by atoms with van der Waals surface area (Å²) in [6.07, 6.45) is 2.25. The Labute approximate surface area is 146 Å². The number of Topliss-reactive ketones (excluding diaryl/α,β-unsaturated/α-hetero) is 1. The quantitative estimate of drug-likeness (QED) is 0.669. The van der Waals surface area contributed by atoms with E-state index in [1.807, 2.05) is 0 Å². The molecule has 1 aromatic rings. The normalized spacial score (nSPS) is 25.5. The Balaban J connectivity index is 2.09.